The lowest BCUT2D eigenvalue weighted by Crippen LogP contribution is -2.32. The van der Waals surface area contributed by atoms with Crippen LogP contribution in [0, 0.1) is 6.92 Å². The highest BCUT2D eigenvalue weighted by Crippen LogP contribution is 2.36. The van der Waals surface area contributed by atoms with Crippen molar-refractivity contribution in [2.24, 2.45) is 0 Å². The fourth-order valence-corrected chi connectivity index (χ4v) is 3.95. The van der Waals surface area contributed by atoms with E-state index < -0.39 is 0 Å². The van der Waals surface area contributed by atoms with Crippen LogP contribution in [0.2, 0.25) is 0 Å². The van der Waals surface area contributed by atoms with Crippen LogP contribution in [0.1, 0.15) is 23.7 Å². The minimum absolute atomic E-state index is 0.159. The summed E-state index contributed by atoms with van der Waals surface area (Å²) in [6.07, 6.45) is 6.27. The second-order valence-corrected chi connectivity index (χ2v) is 7.80. The van der Waals surface area contributed by atoms with Crippen molar-refractivity contribution in [3.63, 3.8) is 0 Å². The molecule has 0 unspecified atom stereocenters. The monoisotopic (exact) mass is 432 g/mol. The Balaban J connectivity index is 1.34. The van der Waals surface area contributed by atoms with E-state index in [0.717, 1.165) is 53.4 Å². The van der Waals surface area contributed by atoms with Crippen LogP contribution in [0.5, 0.6) is 5.88 Å². The number of amides is 1. The molecule has 3 aromatic rings. The number of carbonyl (C=O) groups is 1. The predicted octanol–water partition coefficient (Wildman–Crippen LogP) is 2.64. The minimum Gasteiger partial charge on any atom is -0.474 e. The van der Waals surface area contributed by atoms with Crippen LogP contribution in [-0.2, 0) is 17.8 Å². The van der Waals surface area contributed by atoms with Gasteiger partial charge in [-0.05, 0) is 31.0 Å². The molecule has 1 amide bonds. The molecule has 10 heteroatoms. The fourth-order valence-electron chi connectivity index (χ4n) is 3.95. The zero-order valence-corrected chi connectivity index (χ0v) is 18.0. The standard InChI is InChI=1S/C22H24N8O2/c1-13-18(11-25-21-20(13)23-6-8-32-21)30-7-5-15-9-26-22(29-17(15)12-30)28-16-3-4-19(24-10-16)27-14(2)31/h3-4,9-11,23H,5-8,12H2,1-2H3,(H,24,27,31)(H,26,28,29). The molecule has 3 aromatic heterocycles. The van der Waals surface area contributed by atoms with Gasteiger partial charge in [-0.15, -0.1) is 0 Å². The average Bonchev–Trinajstić information content (AvgIpc) is 2.80. The van der Waals surface area contributed by atoms with E-state index in [1.807, 2.05) is 18.5 Å². The number of nitrogens with zero attached hydrogens (tertiary/aromatic N) is 5. The first-order chi connectivity index (χ1) is 15.6. The molecule has 2 aliphatic rings. The Bertz CT molecular complexity index is 1170. The summed E-state index contributed by atoms with van der Waals surface area (Å²) in [6.45, 7) is 6.51. The van der Waals surface area contributed by atoms with Crippen molar-refractivity contribution in [1.29, 1.82) is 0 Å². The van der Waals surface area contributed by atoms with E-state index in [9.17, 15) is 4.79 Å². The minimum atomic E-state index is -0.159. The fraction of sp³-hybridized carbons (Fsp3) is 0.318. The number of anilines is 5. The van der Waals surface area contributed by atoms with Gasteiger partial charge in [0.1, 0.15) is 18.1 Å². The lowest BCUT2D eigenvalue weighted by Gasteiger charge is -2.32. The number of hydrogen-bond acceptors (Lipinski definition) is 9. The smallest absolute Gasteiger partial charge is 0.237 e. The summed E-state index contributed by atoms with van der Waals surface area (Å²) >= 11 is 0. The average molecular weight is 432 g/mol. The van der Waals surface area contributed by atoms with Crippen molar-refractivity contribution >= 4 is 34.7 Å². The van der Waals surface area contributed by atoms with Crippen LogP contribution in [0.25, 0.3) is 0 Å². The van der Waals surface area contributed by atoms with Gasteiger partial charge in [-0.2, -0.15) is 0 Å². The third-order valence-corrected chi connectivity index (χ3v) is 5.53. The first kappa shape index (κ1) is 20.0. The van der Waals surface area contributed by atoms with Crippen molar-refractivity contribution in [1.82, 2.24) is 19.9 Å². The van der Waals surface area contributed by atoms with Gasteiger partial charge in [0.2, 0.25) is 17.7 Å². The molecule has 164 valence electrons. The van der Waals surface area contributed by atoms with Crippen LogP contribution < -0.4 is 25.6 Å². The molecule has 0 spiro atoms. The molecule has 0 atom stereocenters. The summed E-state index contributed by atoms with van der Waals surface area (Å²) in [7, 11) is 0. The summed E-state index contributed by atoms with van der Waals surface area (Å²) in [6, 6.07) is 3.55. The highest BCUT2D eigenvalue weighted by atomic mass is 16.5. The molecule has 10 nitrogen and oxygen atoms in total. The van der Waals surface area contributed by atoms with E-state index in [1.54, 1.807) is 12.3 Å². The predicted molar refractivity (Wildman–Crippen MR) is 122 cm³/mol. The summed E-state index contributed by atoms with van der Waals surface area (Å²) in [5, 5.41) is 9.24. The highest BCUT2D eigenvalue weighted by molar-refractivity contribution is 5.87. The van der Waals surface area contributed by atoms with Gasteiger partial charge in [0.15, 0.2) is 0 Å². The maximum atomic E-state index is 11.1. The Morgan fingerprint density at radius 2 is 2.09 bits per heavy atom. The Morgan fingerprint density at radius 3 is 2.91 bits per heavy atom. The van der Waals surface area contributed by atoms with Gasteiger partial charge in [-0.3, -0.25) is 4.79 Å². The van der Waals surface area contributed by atoms with Crippen molar-refractivity contribution in [3.05, 3.63) is 47.5 Å². The number of aromatic nitrogens is 4. The van der Waals surface area contributed by atoms with Gasteiger partial charge in [-0.25, -0.2) is 19.9 Å². The molecule has 0 saturated heterocycles. The van der Waals surface area contributed by atoms with E-state index in [1.165, 1.54) is 6.92 Å². The topological polar surface area (TPSA) is 117 Å². The summed E-state index contributed by atoms with van der Waals surface area (Å²) < 4.78 is 5.65. The molecule has 5 heterocycles. The summed E-state index contributed by atoms with van der Waals surface area (Å²) in [4.78, 5) is 31.4. The maximum Gasteiger partial charge on any atom is 0.237 e. The Hall–Kier alpha value is -3.95. The summed E-state index contributed by atoms with van der Waals surface area (Å²) in [5.41, 5.74) is 6.07. The number of rotatable bonds is 4. The Morgan fingerprint density at radius 1 is 1.19 bits per heavy atom. The third kappa shape index (κ3) is 3.98. The van der Waals surface area contributed by atoms with Gasteiger partial charge in [-0.1, -0.05) is 0 Å². The van der Waals surface area contributed by atoms with Crippen molar-refractivity contribution < 1.29 is 9.53 Å². The molecule has 32 heavy (non-hydrogen) atoms. The normalized spacial score (nSPS) is 14.5. The number of pyridine rings is 2. The molecule has 0 aromatic carbocycles. The lowest BCUT2D eigenvalue weighted by molar-refractivity contribution is -0.114. The molecule has 0 radical (unpaired) electrons. The SMILES string of the molecule is CC(=O)Nc1ccc(Nc2ncc3c(n2)CN(c2cnc4c(c2C)NCCO4)CC3)cn1. The van der Waals surface area contributed by atoms with Crippen LogP contribution in [-0.4, -0.2) is 45.5 Å². The van der Waals surface area contributed by atoms with Crippen LogP contribution >= 0.6 is 0 Å². The molecule has 3 N–H and O–H groups in total. The molecular formula is C22H24N8O2. The van der Waals surface area contributed by atoms with Crippen molar-refractivity contribution in [2.75, 3.05) is 40.5 Å². The molecule has 0 bridgehead atoms. The molecular weight excluding hydrogens is 408 g/mol. The number of fused-ring (bicyclic) bond motifs is 2. The molecule has 0 saturated carbocycles. The van der Waals surface area contributed by atoms with Gasteiger partial charge in [0.05, 0.1) is 36.0 Å². The second kappa shape index (κ2) is 8.29. The number of hydrogen-bond donors (Lipinski definition) is 3. The van der Waals surface area contributed by atoms with Gasteiger partial charge >= 0.3 is 0 Å². The zero-order valence-electron chi connectivity index (χ0n) is 18.0. The maximum absolute atomic E-state index is 11.1. The van der Waals surface area contributed by atoms with E-state index in [0.29, 0.717) is 30.8 Å². The van der Waals surface area contributed by atoms with Crippen molar-refractivity contribution in [2.45, 2.75) is 26.8 Å². The Labute approximate surface area is 185 Å². The summed E-state index contributed by atoms with van der Waals surface area (Å²) in [5.74, 6) is 1.52. The lowest BCUT2D eigenvalue weighted by atomic mass is 10.0. The quantitative estimate of drug-likeness (QED) is 0.572. The van der Waals surface area contributed by atoms with Crippen molar-refractivity contribution in [3.8, 4) is 5.88 Å². The van der Waals surface area contributed by atoms with E-state index >= 15 is 0 Å². The first-order valence-corrected chi connectivity index (χ1v) is 10.5. The van der Waals surface area contributed by atoms with E-state index in [-0.39, 0.29) is 5.91 Å². The van der Waals surface area contributed by atoms with Gasteiger partial charge in [0, 0.05) is 31.8 Å². The molecule has 2 aliphatic heterocycles. The highest BCUT2D eigenvalue weighted by Gasteiger charge is 2.24. The second-order valence-electron chi connectivity index (χ2n) is 7.80. The van der Waals surface area contributed by atoms with E-state index in [2.05, 4.69) is 42.7 Å². The molecule has 0 fully saturated rings. The Kier molecular flexibility index (Phi) is 5.18. The van der Waals surface area contributed by atoms with Crippen LogP contribution in [0.4, 0.5) is 28.8 Å². The number of ether oxygens (including phenoxy) is 1. The van der Waals surface area contributed by atoms with Crippen LogP contribution in [0.15, 0.2) is 30.7 Å². The van der Waals surface area contributed by atoms with Gasteiger partial charge in [0.25, 0.3) is 0 Å². The number of nitrogens with one attached hydrogen (secondary N) is 3. The zero-order chi connectivity index (χ0) is 22.1. The van der Waals surface area contributed by atoms with E-state index in [4.69, 9.17) is 9.72 Å². The molecule has 0 aliphatic carbocycles. The molecule has 5 rings (SSSR count). The largest absolute Gasteiger partial charge is 0.474 e. The number of carbonyl (C=O) groups excluding carboxylic acids is 1. The van der Waals surface area contributed by atoms with Gasteiger partial charge < -0.3 is 25.6 Å². The first-order valence-electron chi connectivity index (χ1n) is 10.5. The van der Waals surface area contributed by atoms with Crippen LogP contribution in [0.3, 0.4) is 0 Å². The third-order valence-electron chi connectivity index (χ3n) is 5.53.